The number of hydrogen-bond acceptors (Lipinski definition) is 7. The van der Waals surface area contributed by atoms with E-state index in [1.807, 2.05) is 13.1 Å². The largest absolute Gasteiger partial charge is 0.397 e. The molecule has 0 spiro atoms. The number of amides is 1. The number of para-hydroxylation sites is 1. The number of fused-ring (bicyclic) bond motifs is 2. The highest BCUT2D eigenvalue weighted by Gasteiger charge is 2.26. The monoisotopic (exact) mass is 353 g/mol. The Morgan fingerprint density at radius 1 is 1.27 bits per heavy atom. The zero-order chi connectivity index (χ0) is 18.3. The molecule has 0 atom stereocenters. The third-order valence-corrected chi connectivity index (χ3v) is 5.16. The molecule has 1 aromatic heterocycles. The van der Waals surface area contributed by atoms with Crippen molar-refractivity contribution in [2.45, 2.75) is 18.9 Å². The fourth-order valence-electron chi connectivity index (χ4n) is 3.47. The van der Waals surface area contributed by atoms with Crippen LogP contribution in [0.15, 0.2) is 24.4 Å². The van der Waals surface area contributed by atoms with Crippen molar-refractivity contribution in [1.29, 1.82) is 0 Å². The van der Waals surface area contributed by atoms with Crippen LogP contribution in [0.5, 0.6) is 0 Å². The summed E-state index contributed by atoms with van der Waals surface area (Å²) in [6.45, 7) is 2.12. The summed E-state index contributed by atoms with van der Waals surface area (Å²) < 4.78 is 0. The summed E-state index contributed by atoms with van der Waals surface area (Å²) in [4.78, 5) is 26.0. The van der Waals surface area contributed by atoms with Gasteiger partial charge in [0.1, 0.15) is 11.4 Å². The fraction of sp³-hybridized carbons (Fsp3) is 0.389. The van der Waals surface area contributed by atoms with Crippen LogP contribution in [-0.2, 0) is 0 Å². The van der Waals surface area contributed by atoms with Gasteiger partial charge in [-0.05, 0) is 45.1 Å². The molecule has 0 bridgehead atoms. The lowest BCUT2D eigenvalue weighted by Crippen LogP contribution is -2.42. The van der Waals surface area contributed by atoms with Gasteiger partial charge in [0.2, 0.25) is 5.95 Å². The van der Waals surface area contributed by atoms with Gasteiger partial charge < -0.3 is 26.2 Å². The van der Waals surface area contributed by atoms with Crippen LogP contribution in [-0.4, -0.2) is 54.0 Å². The van der Waals surface area contributed by atoms with E-state index in [4.69, 9.17) is 5.73 Å². The van der Waals surface area contributed by atoms with E-state index in [0.717, 1.165) is 25.9 Å². The van der Waals surface area contributed by atoms with Crippen LogP contribution in [0.4, 0.5) is 28.8 Å². The van der Waals surface area contributed by atoms with Crippen molar-refractivity contribution >= 4 is 34.7 Å². The summed E-state index contributed by atoms with van der Waals surface area (Å²) in [6, 6.07) is 5.79. The lowest BCUT2D eigenvalue weighted by molar-refractivity contribution is 0.102. The number of carbonyl (C=O) groups excluding carboxylic acids is 1. The van der Waals surface area contributed by atoms with Crippen molar-refractivity contribution in [2.75, 3.05) is 48.5 Å². The van der Waals surface area contributed by atoms with E-state index in [1.54, 1.807) is 18.3 Å². The molecule has 0 saturated carbocycles. The molecule has 4 rings (SSSR count). The quantitative estimate of drug-likeness (QED) is 0.709. The van der Waals surface area contributed by atoms with Crippen LogP contribution in [0, 0.1) is 0 Å². The Hall–Kier alpha value is -2.87. The maximum atomic E-state index is 12.5. The second kappa shape index (κ2) is 6.45. The average molecular weight is 353 g/mol. The first-order valence-corrected chi connectivity index (χ1v) is 8.78. The van der Waals surface area contributed by atoms with Gasteiger partial charge in [-0.2, -0.15) is 4.98 Å². The number of likely N-dealkylation sites (tertiary alicyclic amines) is 1. The van der Waals surface area contributed by atoms with Gasteiger partial charge in [0.25, 0.3) is 5.91 Å². The Kier molecular flexibility index (Phi) is 4.12. The minimum absolute atomic E-state index is 0.245. The molecule has 1 fully saturated rings. The molecule has 136 valence electrons. The van der Waals surface area contributed by atoms with Crippen molar-refractivity contribution in [1.82, 2.24) is 14.9 Å². The van der Waals surface area contributed by atoms with Crippen LogP contribution >= 0.6 is 0 Å². The van der Waals surface area contributed by atoms with E-state index in [2.05, 4.69) is 37.4 Å². The highest BCUT2D eigenvalue weighted by molar-refractivity contribution is 6.12. The highest BCUT2D eigenvalue weighted by atomic mass is 16.1. The Morgan fingerprint density at radius 3 is 2.81 bits per heavy atom. The first-order chi connectivity index (χ1) is 12.5. The van der Waals surface area contributed by atoms with Gasteiger partial charge in [0.05, 0.1) is 17.1 Å². The number of nitrogens with two attached hydrogens (primary N) is 1. The van der Waals surface area contributed by atoms with Crippen molar-refractivity contribution in [2.24, 2.45) is 0 Å². The number of anilines is 5. The first-order valence-electron chi connectivity index (χ1n) is 8.78. The van der Waals surface area contributed by atoms with E-state index in [9.17, 15) is 4.79 Å². The topological polar surface area (TPSA) is 99.4 Å². The summed E-state index contributed by atoms with van der Waals surface area (Å²) >= 11 is 0. The highest BCUT2D eigenvalue weighted by Crippen LogP contribution is 2.35. The molecule has 2 aliphatic rings. The van der Waals surface area contributed by atoms with Crippen LogP contribution in [0.1, 0.15) is 23.2 Å². The van der Waals surface area contributed by atoms with E-state index in [-0.39, 0.29) is 5.91 Å². The van der Waals surface area contributed by atoms with Crippen LogP contribution < -0.4 is 21.3 Å². The average Bonchev–Trinajstić information content (AvgIpc) is 2.78. The Labute approximate surface area is 152 Å². The van der Waals surface area contributed by atoms with Crippen LogP contribution in [0.25, 0.3) is 0 Å². The number of benzene rings is 1. The Bertz CT molecular complexity index is 845. The van der Waals surface area contributed by atoms with E-state index >= 15 is 0 Å². The number of hydrogen-bond donors (Lipinski definition) is 3. The predicted octanol–water partition coefficient (Wildman–Crippen LogP) is 1.90. The first kappa shape index (κ1) is 16.6. The Morgan fingerprint density at radius 2 is 2.04 bits per heavy atom. The number of nitrogens with zero attached hydrogens (tertiary/aromatic N) is 4. The summed E-state index contributed by atoms with van der Waals surface area (Å²) in [5, 5.41) is 6.07. The maximum absolute atomic E-state index is 12.5. The third-order valence-electron chi connectivity index (χ3n) is 5.16. The minimum Gasteiger partial charge on any atom is -0.397 e. The fourth-order valence-corrected chi connectivity index (χ4v) is 3.47. The molecule has 0 aliphatic carbocycles. The number of nitrogen functional groups attached to an aromatic ring is 1. The van der Waals surface area contributed by atoms with Crippen molar-refractivity contribution in [3.8, 4) is 0 Å². The molecule has 1 amide bonds. The lowest BCUT2D eigenvalue weighted by atomic mass is 10.0. The summed E-state index contributed by atoms with van der Waals surface area (Å²) in [5.41, 5.74) is 8.32. The predicted molar refractivity (Wildman–Crippen MR) is 103 cm³/mol. The smallest absolute Gasteiger partial charge is 0.261 e. The van der Waals surface area contributed by atoms with Gasteiger partial charge in [0.15, 0.2) is 0 Å². The van der Waals surface area contributed by atoms with Crippen LogP contribution in [0.2, 0.25) is 0 Å². The lowest BCUT2D eigenvalue weighted by Gasteiger charge is -2.35. The number of carbonyl (C=O) groups is 1. The second-order valence-corrected chi connectivity index (χ2v) is 6.93. The molecule has 8 nitrogen and oxygen atoms in total. The number of rotatable bonds is 2. The molecule has 8 heteroatoms. The molecule has 26 heavy (non-hydrogen) atoms. The molecule has 2 aromatic rings. The molecule has 3 heterocycles. The van der Waals surface area contributed by atoms with Crippen molar-refractivity contribution in [3.63, 3.8) is 0 Å². The Balaban J connectivity index is 1.66. The van der Waals surface area contributed by atoms with Crippen LogP contribution in [0.3, 0.4) is 0 Å². The van der Waals surface area contributed by atoms with E-state index in [0.29, 0.717) is 40.4 Å². The van der Waals surface area contributed by atoms with Gasteiger partial charge in [-0.25, -0.2) is 4.98 Å². The van der Waals surface area contributed by atoms with E-state index in [1.165, 1.54) is 0 Å². The van der Waals surface area contributed by atoms with Crippen molar-refractivity contribution in [3.05, 3.63) is 30.0 Å². The summed E-state index contributed by atoms with van der Waals surface area (Å²) in [5.74, 6) is 0.839. The summed E-state index contributed by atoms with van der Waals surface area (Å²) in [6.07, 6.45) is 3.71. The molecule has 0 unspecified atom stereocenters. The SMILES string of the molecule is CN1CCC(N(C)c2ncc3c(n2)Nc2c(N)cccc2NC3=O)CC1. The normalized spacial score (nSPS) is 17.5. The molecule has 1 saturated heterocycles. The summed E-state index contributed by atoms with van der Waals surface area (Å²) in [7, 11) is 4.15. The number of piperidine rings is 1. The minimum atomic E-state index is -0.245. The number of nitrogens with one attached hydrogen (secondary N) is 2. The standard InChI is InChI=1S/C18H23N7O/c1-24-8-6-11(7-9-24)25(2)18-20-10-12-16(23-18)22-15-13(19)4-3-5-14(15)21-17(12)26/h3-5,10-11H,6-9,19H2,1-2H3,(H,21,26)(H,20,22,23). The number of aromatic nitrogens is 2. The van der Waals surface area contributed by atoms with E-state index < -0.39 is 0 Å². The third kappa shape index (κ3) is 2.92. The van der Waals surface area contributed by atoms with Gasteiger partial charge in [-0.1, -0.05) is 6.07 Å². The zero-order valence-electron chi connectivity index (χ0n) is 15.0. The molecule has 1 aromatic carbocycles. The maximum Gasteiger partial charge on any atom is 0.261 e. The van der Waals surface area contributed by atoms with Gasteiger partial charge >= 0.3 is 0 Å². The molecular formula is C18H23N7O. The van der Waals surface area contributed by atoms with Crippen molar-refractivity contribution < 1.29 is 4.79 Å². The van der Waals surface area contributed by atoms with Gasteiger partial charge in [-0.3, -0.25) is 4.79 Å². The van der Waals surface area contributed by atoms with Gasteiger partial charge in [0, 0.05) is 19.3 Å². The molecule has 0 radical (unpaired) electrons. The zero-order valence-corrected chi connectivity index (χ0v) is 15.0. The molecule has 4 N–H and O–H groups in total. The second-order valence-electron chi connectivity index (χ2n) is 6.93. The molecular weight excluding hydrogens is 330 g/mol. The molecule has 2 aliphatic heterocycles. The van der Waals surface area contributed by atoms with Gasteiger partial charge in [-0.15, -0.1) is 0 Å².